The molecular weight excluding hydrogens is 419 g/mol. The Morgan fingerprint density at radius 1 is 1.03 bits per heavy atom. The number of benzene rings is 1. The maximum Gasteiger partial charge on any atom is 0.422 e. The van der Waals surface area contributed by atoms with E-state index in [-0.39, 0.29) is 17.5 Å². The molecule has 0 saturated carbocycles. The molecule has 1 saturated heterocycles. The van der Waals surface area contributed by atoms with Crippen LogP contribution in [0.5, 0.6) is 0 Å². The molecule has 0 atom stereocenters. The van der Waals surface area contributed by atoms with Crippen LogP contribution in [0.4, 0.5) is 30.8 Å². The minimum atomic E-state index is -4.70. The van der Waals surface area contributed by atoms with E-state index in [1.54, 1.807) is 19.1 Å². The minimum absolute atomic E-state index is 0.214. The van der Waals surface area contributed by atoms with Crippen LogP contribution in [-0.4, -0.2) is 33.3 Å². The number of nitrogens with two attached hydrogens (primary N) is 1. The lowest BCUT2D eigenvalue weighted by Crippen LogP contribution is -2.27. The number of halogens is 3. The van der Waals surface area contributed by atoms with E-state index in [4.69, 9.17) is 5.73 Å². The molecule has 10 heteroatoms. The van der Waals surface area contributed by atoms with Crippen LogP contribution in [0.25, 0.3) is 11.3 Å². The number of hydrogen-bond donors (Lipinski definition) is 4. The Kier molecular flexibility index (Phi) is 5.81. The Morgan fingerprint density at radius 3 is 2.38 bits per heavy atom. The van der Waals surface area contributed by atoms with Gasteiger partial charge in [-0.2, -0.15) is 23.3 Å². The smallest absolute Gasteiger partial charge is 0.368 e. The summed E-state index contributed by atoms with van der Waals surface area (Å²) in [4.78, 5) is 7.88. The largest absolute Gasteiger partial charge is 0.422 e. The Hall–Kier alpha value is -3.14. The Labute approximate surface area is 184 Å². The number of anilines is 3. The monoisotopic (exact) mass is 445 g/mol. The van der Waals surface area contributed by atoms with Crippen molar-refractivity contribution >= 4 is 17.6 Å². The van der Waals surface area contributed by atoms with E-state index in [1.165, 1.54) is 5.56 Å². The lowest BCUT2D eigenvalue weighted by molar-refractivity contribution is -0.136. The van der Waals surface area contributed by atoms with Crippen molar-refractivity contribution in [1.82, 2.24) is 25.5 Å². The van der Waals surface area contributed by atoms with Crippen molar-refractivity contribution in [2.24, 2.45) is 0 Å². The lowest BCUT2D eigenvalue weighted by atomic mass is 9.84. The van der Waals surface area contributed by atoms with Gasteiger partial charge in [-0.25, -0.2) is 4.98 Å². The van der Waals surface area contributed by atoms with Gasteiger partial charge in [0.15, 0.2) is 5.82 Å². The third-order valence-corrected chi connectivity index (χ3v) is 5.81. The molecule has 0 radical (unpaired) electrons. The Balaban J connectivity index is 1.84. The fourth-order valence-electron chi connectivity index (χ4n) is 4.30. The highest BCUT2D eigenvalue weighted by Crippen LogP contribution is 2.43. The Morgan fingerprint density at radius 2 is 1.75 bits per heavy atom. The van der Waals surface area contributed by atoms with Gasteiger partial charge in [0.1, 0.15) is 11.4 Å². The SMILES string of the molecule is Cc1cc(Nc2nc(N)nc(-c3cc(C)c(C4CCNCC4)cc3C)c2C(F)(F)F)n[nH]1. The number of nitrogens with one attached hydrogen (secondary N) is 3. The highest BCUT2D eigenvalue weighted by molar-refractivity contribution is 5.76. The summed E-state index contributed by atoms with van der Waals surface area (Å²) in [6.07, 6.45) is -2.69. The number of alkyl halides is 3. The van der Waals surface area contributed by atoms with E-state index >= 15 is 0 Å². The summed E-state index contributed by atoms with van der Waals surface area (Å²) < 4.78 is 42.7. The predicted octanol–water partition coefficient (Wildman–Crippen LogP) is 4.60. The summed E-state index contributed by atoms with van der Waals surface area (Å²) in [6, 6.07) is 5.36. The van der Waals surface area contributed by atoms with Crippen molar-refractivity contribution in [2.45, 2.75) is 45.7 Å². The summed E-state index contributed by atoms with van der Waals surface area (Å²) in [7, 11) is 0. The molecule has 32 heavy (non-hydrogen) atoms. The number of aryl methyl sites for hydroxylation is 3. The minimum Gasteiger partial charge on any atom is -0.368 e. The van der Waals surface area contributed by atoms with Crippen molar-refractivity contribution in [3.63, 3.8) is 0 Å². The van der Waals surface area contributed by atoms with Crippen LogP contribution >= 0.6 is 0 Å². The van der Waals surface area contributed by atoms with Crippen molar-refractivity contribution in [2.75, 3.05) is 24.1 Å². The second-order valence-electron chi connectivity index (χ2n) is 8.26. The van der Waals surface area contributed by atoms with Gasteiger partial charge in [0.2, 0.25) is 5.95 Å². The standard InChI is InChI=1S/C22H26F3N7/c1-11-9-16(12(2)8-15(11)14-4-6-27-7-5-14)19-18(22(23,24)25)20(30-21(26)29-19)28-17-10-13(3)31-32-17/h8-10,14,27H,4-7H2,1-3H3,(H4,26,28,29,30,31,32). The van der Waals surface area contributed by atoms with E-state index < -0.39 is 17.6 Å². The predicted molar refractivity (Wildman–Crippen MR) is 118 cm³/mol. The molecule has 1 aliphatic rings. The Bertz CT molecular complexity index is 1130. The van der Waals surface area contributed by atoms with Crippen LogP contribution in [0.3, 0.4) is 0 Å². The summed E-state index contributed by atoms with van der Waals surface area (Å²) in [5.41, 5.74) is 8.56. The number of aromatic nitrogens is 4. The third kappa shape index (κ3) is 4.40. The van der Waals surface area contributed by atoms with Gasteiger partial charge in [-0.1, -0.05) is 6.07 Å². The molecule has 0 unspecified atom stereocenters. The molecule has 1 aliphatic heterocycles. The van der Waals surface area contributed by atoms with Gasteiger partial charge in [-0.3, -0.25) is 5.10 Å². The molecule has 0 bridgehead atoms. The van der Waals surface area contributed by atoms with Crippen molar-refractivity contribution in [1.29, 1.82) is 0 Å². The van der Waals surface area contributed by atoms with Crippen molar-refractivity contribution < 1.29 is 13.2 Å². The van der Waals surface area contributed by atoms with Crippen LogP contribution < -0.4 is 16.4 Å². The first-order valence-corrected chi connectivity index (χ1v) is 10.5. The zero-order valence-corrected chi connectivity index (χ0v) is 18.2. The van der Waals surface area contributed by atoms with Crippen LogP contribution in [0.2, 0.25) is 0 Å². The highest BCUT2D eigenvalue weighted by Gasteiger charge is 2.40. The molecule has 2 aromatic heterocycles. The van der Waals surface area contributed by atoms with E-state index in [1.807, 2.05) is 19.9 Å². The average Bonchev–Trinajstić information content (AvgIpc) is 3.13. The number of aromatic amines is 1. The highest BCUT2D eigenvalue weighted by atomic mass is 19.4. The number of nitrogens with zero attached hydrogens (tertiary/aromatic N) is 3. The van der Waals surface area contributed by atoms with E-state index in [0.29, 0.717) is 22.7 Å². The van der Waals surface area contributed by atoms with Crippen LogP contribution in [-0.2, 0) is 6.18 Å². The van der Waals surface area contributed by atoms with E-state index in [2.05, 4.69) is 30.8 Å². The second-order valence-corrected chi connectivity index (χ2v) is 8.26. The number of nitrogen functional groups attached to an aromatic ring is 1. The molecule has 1 aromatic carbocycles. The van der Waals surface area contributed by atoms with E-state index in [0.717, 1.165) is 31.5 Å². The maximum absolute atomic E-state index is 14.2. The van der Waals surface area contributed by atoms with Gasteiger partial charge < -0.3 is 16.4 Å². The molecular formula is C22H26F3N7. The molecule has 170 valence electrons. The zero-order chi connectivity index (χ0) is 23.0. The fraction of sp³-hybridized carbons (Fsp3) is 0.409. The molecule has 1 fully saturated rings. The topological polar surface area (TPSA) is 105 Å². The van der Waals surface area contributed by atoms with Crippen molar-refractivity contribution in [3.05, 3.63) is 46.1 Å². The van der Waals surface area contributed by atoms with Gasteiger partial charge in [-0.05, 0) is 75.4 Å². The van der Waals surface area contributed by atoms with Gasteiger partial charge in [-0.15, -0.1) is 0 Å². The maximum atomic E-state index is 14.2. The van der Waals surface area contributed by atoms with E-state index in [9.17, 15) is 13.2 Å². The quantitative estimate of drug-likeness (QED) is 0.468. The van der Waals surface area contributed by atoms with Gasteiger partial charge >= 0.3 is 6.18 Å². The van der Waals surface area contributed by atoms with Gasteiger partial charge in [0.05, 0.1) is 5.69 Å². The summed E-state index contributed by atoms with van der Waals surface area (Å²) in [5, 5.41) is 12.6. The third-order valence-electron chi connectivity index (χ3n) is 5.81. The lowest BCUT2D eigenvalue weighted by Gasteiger charge is -2.26. The number of H-pyrrole nitrogens is 1. The first kappa shape index (κ1) is 22.1. The molecule has 4 rings (SSSR count). The number of hydrogen-bond acceptors (Lipinski definition) is 6. The molecule has 5 N–H and O–H groups in total. The van der Waals surface area contributed by atoms with Gasteiger partial charge in [0, 0.05) is 17.3 Å². The molecule has 0 aliphatic carbocycles. The molecule has 7 nitrogen and oxygen atoms in total. The molecule has 0 amide bonds. The van der Waals surface area contributed by atoms with Crippen molar-refractivity contribution in [3.8, 4) is 11.3 Å². The van der Waals surface area contributed by atoms with Crippen LogP contribution in [0.15, 0.2) is 18.2 Å². The number of piperidine rings is 1. The summed E-state index contributed by atoms with van der Waals surface area (Å²) >= 11 is 0. The number of rotatable bonds is 4. The summed E-state index contributed by atoms with van der Waals surface area (Å²) in [6.45, 7) is 7.37. The first-order valence-electron chi connectivity index (χ1n) is 10.5. The zero-order valence-electron chi connectivity index (χ0n) is 18.2. The summed E-state index contributed by atoms with van der Waals surface area (Å²) in [5.74, 6) is -0.0684. The fourth-order valence-corrected chi connectivity index (χ4v) is 4.30. The normalized spacial score (nSPS) is 15.2. The average molecular weight is 445 g/mol. The van der Waals surface area contributed by atoms with Crippen LogP contribution in [0, 0.1) is 20.8 Å². The second kappa shape index (κ2) is 8.42. The van der Waals surface area contributed by atoms with Gasteiger partial charge in [0.25, 0.3) is 0 Å². The molecule has 3 aromatic rings. The van der Waals surface area contributed by atoms with Crippen LogP contribution in [0.1, 0.15) is 46.7 Å². The first-order chi connectivity index (χ1) is 15.1. The molecule has 3 heterocycles. The molecule has 0 spiro atoms.